The Hall–Kier alpha value is -1.76. The van der Waals surface area contributed by atoms with Crippen LogP contribution in [-0.4, -0.2) is 16.0 Å². The summed E-state index contributed by atoms with van der Waals surface area (Å²) in [7, 11) is 0. The first-order chi connectivity index (χ1) is 6.56. The van der Waals surface area contributed by atoms with E-state index in [-0.39, 0.29) is 5.56 Å². The molecule has 0 aromatic heterocycles. The zero-order chi connectivity index (χ0) is 10.7. The Labute approximate surface area is 84.2 Å². The molecule has 0 unspecified atom stereocenters. The van der Waals surface area contributed by atoms with Gasteiger partial charge in [0.1, 0.15) is 5.56 Å². The van der Waals surface area contributed by atoms with Gasteiger partial charge in [0.25, 0.3) is 5.69 Å². The number of aromatic carboxylic acids is 1. The van der Waals surface area contributed by atoms with E-state index in [1.54, 1.807) is 0 Å². The average molecular weight is 214 g/mol. The number of nitro groups is 1. The van der Waals surface area contributed by atoms with Gasteiger partial charge in [0.15, 0.2) is 0 Å². The van der Waals surface area contributed by atoms with Crippen molar-refractivity contribution in [2.75, 3.05) is 4.72 Å². The molecule has 0 amide bonds. The van der Waals surface area contributed by atoms with Crippen molar-refractivity contribution < 1.29 is 14.8 Å². The van der Waals surface area contributed by atoms with Crippen LogP contribution in [0.4, 0.5) is 11.4 Å². The van der Waals surface area contributed by atoms with Crippen LogP contribution in [-0.2, 0) is 0 Å². The molecule has 0 bridgehead atoms. The number of carboxylic acids is 1. The summed E-state index contributed by atoms with van der Waals surface area (Å²) in [5, 5.41) is 19.1. The number of nitrogens with zero attached hydrogens (tertiary/aromatic N) is 1. The van der Waals surface area contributed by atoms with Crippen molar-refractivity contribution >= 4 is 30.2 Å². The molecule has 6 nitrogen and oxygen atoms in total. The summed E-state index contributed by atoms with van der Waals surface area (Å²) in [4.78, 5) is 20.3. The summed E-state index contributed by atoms with van der Waals surface area (Å²) < 4.78 is 2.39. The molecule has 0 fully saturated rings. The van der Waals surface area contributed by atoms with Crippen LogP contribution < -0.4 is 4.72 Å². The second-order valence-corrected chi connectivity index (χ2v) is 2.63. The number of benzene rings is 1. The number of thiol groups is 1. The minimum Gasteiger partial charge on any atom is -0.477 e. The number of hydrogen-bond acceptors (Lipinski definition) is 5. The van der Waals surface area contributed by atoms with Gasteiger partial charge in [-0.25, -0.2) is 4.79 Å². The van der Waals surface area contributed by atoms with Crippen LogP contribution in [0.2, 0.25) is 0 Å². The number of hydrogen-bond donors (Lipinski definition) is 3. The second kappa shape index (κ2) is 3.97. The van der Waals surface area contributed by atoms with Crippen LogP contribution in [0, 0.1) is 10.1 Å². The molecule has 1 aromatic carbocycles. The SMILES string of the molecule is O=C(O)c1ccc(NS)cc1[N+](=O)[O-]. The molecule has 0 aliphatic carbocycles. The maximum absolute atomic E-state index is 10.6. The number of nitro benzene ring substituents is 1. The molecular formula is C7H6N2O4S. The molecule has 2 N–H and O–H groups in total. The Balaban J connectivity index is 3.31. The van der Waals surface area contributed by atoms with Gasteiger partial charge in [-0.05, 0) is 12.1 Å². The van der Waals surface area contributed by atoms with Crippen molar-refractivity contribution in [3.63, 3.8) is 0 Å². The highest BCUT2D eigenvalue weighted by molar-refractivity contribution is 7.81. The summed E-state index contributed by atoms with van der Waals surface area (Å²) >= 11 is 3.69. The third kappa shape index (κ3) is 1.94. The Kier molecular flexibility index (Phi) is 2.92. The fourth-order valence-electron chi connectivity index (χ4n) is 0.933. The first-order valence-electron chi connectivity index (χ1n) is 3.48. The molecule has 14 heavy (non-hydrogen) atoms. The van der Waals surface area contributed by atoms with Crippen LogP contribution in [0.5, 0.6) is 0 Å². The molecule has 0 heterocycles. The lowest BCUT2D eigenvalue weighted by molar-refractivity contribution is -0.385. The molecule has 7 heteroatoms. The Morgan fingerprint density at radius 2 is 2.21 bits per heavy atom. The van der Waals surface area contributed by atoms with Gasteiger partial charge in [0.05, 0.1) is 10.6 Å². The van der Waals surface area contributed by atoms with E-state index in [2.05, 4.69) is 17.5 Å². The average Bonchev–Trinajstić information content (AvgIpc) is 2.16. The van der Waals surface area contributed by atoms with Gasteiger partial charge >= 0.3 is 5.97 Å². The zero-order valence-corrected chi connectivity index (χ0v) is 7.69. The van der Waals surface area contributed by atoms with Crippen LogP contribution >= 0.6 is 12.8 Å². The number of carboxylic acid groups (broad SMARTS) is 1. The predicted octanol–water partition coefficient (Wildman–Crippen LogP) is 1.55. The van der Waals surface area contributed by atoms with E-state index >= 15 is 0 Å². The first kappa shape index (κ1) is 10.3. The van der Waals surface area contributed by atoms with E-state index in [0.29, 0.717) is 5.69 Å². The largest absolute Gasteiger partial charge is 0.477 e. The smallest absolute Gasteiger partial charge is 0.342 e. The lowest BCUT2D eigenvalue weighted by Gasteiger charge is -2.01. The maximum atomic E-state index is 10.6. The van der Waals surface area contributed by atoms with Crippen molar-refractivity contribution in [3.8, 4) is 0 Å². The molecule has 0 aliphatic rings. The third-order valence-electron chi connectivity index (χ3n) is 1.55. The lowest BCUT2D eigenvalue weighted by Crippen LogP contribution is -2.02. The minimum atomic E-state index is -1.33. The quantitative estimate of drug-likeness (QED) is 0.403. The number of rotatable bonds is 3. The van der Waals surface area contributed by atoms with E-state index in [4.69, 9.17) is 5.11 Å². The molecule has 0 saturated heterocycles. The van der Waals surface area contributed by atoms with E-state index in [1.807, 2.05) is 0 Å². The summed E-state index contributed by atoms with van der Waals surface area (Å²) in [5.74, 6) is -1.33. The Morgan fingerprint density at radius 1 is 1.57 bits per heavy atom. The maximum Gasteiger partial charge on any atom is 0.342 e. The topological polar surface area (TPSA) is 92.5 Å². The number of anilines is 1. The first-order valence-corrected chi connectivity index (χ1v) is 3.93. The highest BCUT2D eigenvalue weighted by atomic mass is 32.1. The summed E-state index contributed by atoms with van der Waals surface area (Å²) in [6, 6.07) is 3.65. The summed E-state index contributed by atoms with van der Waals surface area (Å²) in [6.07, 6.45) is 0. The van der Waals surface area contributed by atoms with Crippen LogP contribution in [0.3, 0.4) is 0 Å². The molecule has 0 radical (unpaired) electrons. The number of carbonyl (C=O) groups is 1. The minimum absolute atomic E-state index is 0.345. The van der Waals surface area contributed by atoms with Crippen molar-refractivity contribution in [1.29, 1.82) is 0 Å². The molecule has 0 aliphatic heterocycles. The highest BCUT2D eigenvalue weighted by Crippen LogP contribution is 2.23. The van der Waals surface area contributed by atoms with Gasteiger partial charge in [-0.15, -0.1) is 0 Å². The van der Waals surface area contributed by atoms with E-state index in [0.717, 1.165) is 12.1 Å². The van der Waals surface area contributed by atoms with Gasteiger partial charge in [-0.1, -0.05) is 12.8 Å². The predicted molar refractivity (Wildman–Crippen MR) is 52.7 cm³/mol. The van der Waals surface area contributed by atoms with E-state index in [9.17, 15) is 14.9 Å². The van der Waals surface area contributed by atoms with Gasteiger partial charge in [-0.2, -0.15) is 0 Å². The summed E-state index contributed by atoms with van der Waals surface area (Å²) in [6.45, 7) is 0. The van der Waals surface area contributed by atoms with Crippen molar-refractivity contribution in [1.82, 2.24) is 0 Å². The zero-order valence-electron chi connectivity index (χ0n) is 6.80. The van der Waals surface area contributed by atoms with Crippen LogP contribution in [0.15, 0.2) is 18.2 Å². The van der Waals surface area contributed by atoms with Gasteiger partial charge in [0.2, 0.25) is 0 Å². The molecular weight excluding hydrogens is 208 g/mol. The second-order valence-electron chi connectivity index (χ2n) is 2.41. The fraction of sp³-hybridized carbons (Fsp3) is 0. The van der Waals surface area contributed by atoms with Gasteiger partial charge in [0, 0.05) is 6.07 Å². The third-order valence-corrected chi connectivity index (χ3v) is 1.81. The summed E-state index contributed by atoms with van der Waals surface area (Å²) in [5.41, 5.74) is -0.441. The Morgan fingerprint density at radius 3 is 2.64 bits per heavy atom. The molecule has 1 aromatic rings. The fourth-order valence-corrected chi connectivity index (χ4v) is 1.07. The standard InChI is InChI=1S/C7H6N2O4S/c10-7(11)5-2-1-4(8-14)3-6(5)9(12)13/h1-3,8,14H,(H,10,11). The molecule has 0 atom stereocenters. The van der Waals surface area contributed by atoms with Crippen molar-refractivity contribution in [2.24, 2.45) is 0 Å². The number of nitrogens with one attached hydrogen (secondary N) is 1. The van der Waals surface area contributed by atoms with Crippen molar-refractivity contribution in [2.45, 2.75) is 0 Å². The van der Waals surface area contributed by atoms with Crippen LogP contribution in [0.25, 0.3) is 0 Å². The highest BCUT2D eigenvalue weighted by Gasteiger charge is 2.19. The molecule has 0 saturated carbocycles. The lowest BCUT2D eigenvalue weighted by atomic mass is 10.1. The normalized spacial score (nSPS) is 9.50. The van der Waals surface area contributed by atoms with Crippen molar-refractivity contribution in [3.05, 3.63) is 33.9 Å². The van der Waals surface area contributed by atoms with Gasteiger partial charge in [-0.3, -0.25) is 10.1 Å². The van der Waals surface area contributed by atoms with Crippen LogP contribution in [0.1, 0.15) is 10.4 Å². The molecule has 1 rings (SSSR count). The van der Waals surface area contributed by atoms with E-state index in [1.165, 1.54) is 6.07 Å². The molecule has 0 spiro atoms. The Bertz CT molecular complexity index is 393. The van der Waals surface area contributed by atoms with Gasteiger partial charge < -0.3 is 9.83 Å². The monoisotopic (exact) mass is 214 g/mol. The molecule has 74 valence electrons. The van der Waals surface area contributed by atoms with E-state index < -0.39 is 16.6 Å².